The van der Waals surface area contributed by atoms with Gasteiger partial charge >= 0.3 is 0 Å². The summed E-state index contributed by atoms with van der Waals surface area (Å²) in [5, 5.41) is 1.40. The molecule has 0 saturated heterocycles. The average molecular weight is 313 g/mol. The van der Waals surface area contributed by atoms with Crippen molar-refractivity contribution < 1.29 is 4.74 Å². The van der Waals surface area contributed by atoms with Crippen LogP contribution in [0.15, 0.2) is 36.5 Å². The molecular weight excluding hydrogens is 302 g/mol. The van der Waals surface area contributed by atoms with E-state index in [-0.39, 0.29) is 0 Å². The standard InChI is InChI=1S/C13H11BrClNO/c1-9-12(3-2-6-16-9)17-13-5-4-11(15)7-10(13)8-14/h2-7H,8H2,1H3. The summed E-state index contributed by atoms with van der Waals surface area (Å²) in [5.41, 5.74) is 1.88. The quantitative estimate of drug-likeness (QED) is 0.764. The van der Waals surface area contributed by atoms with Gasteiger partial charge in [-0.25, -0.2) is 0 Å². The van der Waals surface area contributed by atoms with Crippen molar-refractivity contribution in [1.29, 1.82) is 0 Å². The lowest BCUT2D eigenvalue weighted by molar-refractivity contribution is 0.472. The van der Waals surface area contributed by atoms with E-state index >= 15 is 0 Å². The predicted molar refractivity (Wildman–Crippen MR) is 73.1 cm³/mol. The first kappa shape index (κ1) is 12.4. The molecule has 0 saturated carbocycles. The maximum Gasteiger partial charge on any atom is 0.148 e. The highest BCUT2D eigenvalue weighted by Crippen LogP contribution is 2.30. The van der Waals surface area contributed by atoms with Gasteiger partial charge in [0.05, 0.1) is 5.69 Å². The van der Waals surface area contributed by atoms with Gasteiger partial charge in [0.2, 0.25) is 0 Å². The summed E-state index contributed by atoms with van der Waals surface area (Å²) in [7, 11) is 0. The molecule has 0 aliphatic carbocycles. The van der Waals surface area contributed by atoms with E-state index in [0.717, 1.165) is 22.8 Å². The Kier molecular flexibility index (Phi) is 4.02. The Morgan fingerprint density at radius 3 is 2.82 bits per heavy atom. The number of ether oxygens (including phenoxy) is 1. The maximum absolute atomic E-state index is 5.94. The van der Waals surface area contributed by atoms with Crippen LogP contribution in [-0.4, -0.2) is 4.98 Å². The molecular formula is C13H11BrClNO. The van der Waals surface area contributed by atoms with E-state index in [9.17, 15) is 0 Å². The number of aromatic nitrogens is 1. The summed E-state index contributed by atoms with van der Waals surface area (Å²) in [5.74, 6) is 1.55. The van der Waals surface area contributed by atoms with Crippen LogP contribution in [0.2, 0.25) is 5.02 Å². The van der Waals surface area contributed by atoms with Gasteiger partial charge in [0, 0.05) is 22.1 Å². The second-order valence-electron chi connectivity index (χ2n) is 3.57. The van der Waals surface area contributed by atoms with Crippen molar-refractivity contribution >= 4 is 27.5 Å². The number of nitrogens with zero attached hydrogens (tertiary/aromatic N) is 1. The molecule has 0 unspecified atom stereocenters. The van der Waals surface area contributed by atoms with Gasteiger partial charge in [-0.2, -0.15) is 0 Å². The molecule has 0 radical (unpaired) electrons. The number of hydrogen-bond acceptors (Lipinski definition) is 2. The van der Waals surface area contributed by atoms with Crippen molar-refractivity contribution in [2.75, 3.05) is 0 Å². The number of pyridine rings is 1. The first-order chi connectivity index (χ1) is 8.20. The van der Waals surface area contributed by atoms with Gasteiger partial charge in [-0.1, -0.05) is 27.5 Å². The summed E-state index contributed by atoms with van der Waals surface area (Å²) >= 11 is 9.36. The molecule has 17 heavy (non-hydrogen) atoms. The third-order valence-corrected chi connectivity index (χ3v) is 3.18. The highest BCUT2D eigenvalue weighted by atomic mass is 79.9. The van der Waals surface area contributed by atoms with E-state index in [4.69, 9.17) is 16.3 Å². The predicted octanol–water partition coefficient (Wildman–Crippen LogP) is 4.73. The number of aryl methyl sites for hydroxylation is 1. The van der Waals surface area contributed by atoms with Crippen LogP contribution in [0, 0.1) is 6.92 Å². The SMILES string of the molecule is Cc1ncccc1Oc1ccc(Cl)cc1CBr. The molecule has 1 heterocycles. The van der Waals surface area contributed by atoms with Crippen molar-refractivity contribution in [3.63, 3.8) is 0 Å². The van der Waals surface area contributed by atoms with E-state index in [1.54, 1.807) is 6.20 Å². The van der Waals surface area contributed by atoms with Crippen LogP contribution in [0.3, 0.4) is 0 Å². The molecule has 0 atom stereocenters. The summed E-state index contributed by atoms with van der Waals surface area (Å²) < 4.78 is 5.84. The van der Waals surface area contributed by atoms with Crippen LogP contribution >= 0.6 is 27.5 Å². The van der Waals surface area contributed by atoms with Gasteiger partial charge in [-0.3, -0.25) is 4.98 Å². The number of rotatable bonds is 3. The van der Waals surface area contributed by atoms with Crippen LogP contribution in [0.5, 0.6) is 11.5 Å². The average Bonchev–Trinajstić information content (AvgIpc) is 2.34. The molecule has 0 N–H and O–H groups in total. The molecule has 1 aromatic carbocycles. The van der Waals surface area contributed by atoms with Crippen molar-refractivity contribution in [3.8, 4) is 11.5 Å². The Labute approximate surface area is 114 Å². The molecule has 2 nitrogen and oxygen atoms in total. The third kappa shape index (κ3) is 2.99. The molecule has 4 heteroatoms. The maximum atomic E-state index is 5.94. The van der Waals surface area contributed by atoms with E-state index < -0.39 is 0 Å². The lowest BCUT2D eigenvalue weighted by atomic mass is 10.2. The minimum atomic E-state index is 0.697. The van der Waals surface area contributed by atoms with Crippen molar-refractivity contribution in [2.45, 2.75) is 12.3 Å². The van der Waals surface area contributed by atoms with Gasteiger partial charge in [-0.15, -0.1) is 0 Å². The zero-order chi connectivity index (χ0) is 12.3. The normalized spacial score (nSPS) is 10.3. The molecule has 2 rings (SSSR count). The smallest absolute Gasteiger partial charge is 0.148 e. The Hall–Kier alpha value is -1.06. The first-order valence-corrected chi connectivity index (χ1v) is 6.64. The van der Waals surface area contributed by atoms with E-state index in [1.165, 1.54) is 0 Å². The number of benzene rings is 1. The lowest BCUT2D eigenvalue weighted by Gasteiger charge is -2.11. The van der Waals surface area contributed by atoms with Crippen LogP contribution in [0.4, 0.5) is 0 Å². The summed E-state index contributed by atoms with van der Waals surface area (Å²) in [6.45, 7) is 1.92. The summed E-state index contributed by atoms with van der Waals surface area (Å²) in [6, 6.07) is 9.32. The van der Waals surface area contributed by atoms with Crippen molar-refractivity contribution in [3.05, 3.63) is 52.8 Å². The van der Waals surface area contributed by atoms with Crippen LogP contribution in [-0.2, 0) is 5.33 Å². The fraction of sp³-hybridized carbons (Fsp3) is 0.154. The van der Waals surface area contributed by atoms with Crippen LogP contribution < -0.4 is 4.74 Å². The molecule has 0 amide bonds. The molecule has 2 aromatic rings. The lowest BCUT2D eigenvalue weighted by Crippen LogP contribution is -1.92. The number of hydrogen-bond donors (Lipinski definition) is 0. The summed E-state index contributed by atoms with van der Waals surface area (Å²) in [6.07, 6.45) is 1.75. The van der Waals surface area contributed by atoms with Gasteiger partial charge in [0.25, 0.3) is 0 Å². The molecule has 0 bridgehead atoms. The largest absolute Gasteiger partial charge is 0.455 e. The van der Waals surface area contributed by atoms with E-state index in [0.29, 0.717) is 10.4 Å². The molecule has 0 aliphatic rings. The molecule has 1 aromatic heterocycles. The second-order valence-corrected chi connectivity index (χ2v) is 4.57. The van der Waals surface area contributed by atoms with Gasteiger partial charge in [0.1, 0.15) is 11.5 Å². The zero-order valence-corrected chi connectivity index (χ0v) is 11.6. The Morgan fingerprint density at radius 1 is 1.29 bits per heavy atom. The third-order valence-electron chi connectivity index (χ3n) is 2.34. The van der Waals surface area contributed by atoms with Crippen LogP contribution in [0.25, 0.3) is 0 Å². The molecule has 0 spiro atoms. The monoisotopic (exact) mass is 311 g/mol. The molecule has 88 valence electrons. The highest BCUT2D eigenvalue weighted by molar-refractivity contribution is 9.08. The number of halogens is 2. The Morgan fingerprint density at radius 2 is 2.12 bits per heavy atom. The zero-order valence-electron chi connectivity index (χ0n) is 9.28. The van der Waals surface area contributed by atoms with Gasteiger partial charge in [-0.05, 0) is 37.3 Å². The topological polar surface area (TPSA) is 22.1 Å². The van der Waals surface area contributed by atoms with Crippen molar-refractivity contribution in [1.82, 2.24) is 4.98 Å². The summed E-state index contributed by atoms with van der Waals surface area (Å²) in [4.78, 5) is 4.19. The van der Waals surface area contributed by atoms with Gasteiger partial charge < -0.3 is 4.74 Å². The highest BCUT2D eigenvalue weighted by Gasteiger charge is 2.06. The van der Waals surface area contributed by atoms with E-state index in [1.807, 2.05) is 37.3 Å². The molecule has 0 fully saturated rings. The van der Waals surface area contributed by atoms with Crippen LogP contribution in [0.1, 0.15) is 11.3 Å². The Balaban J connectivity index is 2.33. The van der Waals surface area contributed by atoms with Gasteiger partial charge in [0.15, 0.2) is 0 Å². The first-order valence-electron chi connectivity index (χ1n) is 5.14. The minimum Gasteiger partial charge on any atom is -0.455 e. The van der Waals surface area contributed by atoms with E-state index in [2.05, 4.69) is 20.9 Å². The number of alkyl halides is 1. The minimum absolute atomic E-state index is 0.697. The fourth-order valence-electron chi connectivity index (χ4n) is 1.45. The second kappa shape index (κ2) is 5.52. The van der Waals surface area contributed by atoms with Crippen molar-refractivity contribution in [2.24, 2.45) is 0 Å². The fourth-order valence-corrected chi connectivity index (χ4v) is 2.08. The Bertz CT molecular complexity index is 531. The molecule has 0 aliphatic heterocycles.